The summed E-state index contributed by atoms with van der Waals surface area (Å²) in [7, 11) is 1.75. The van der Waals surface area contributed by atoms with E-state index in [1.165, 1.54) is 4.90 Å². The predicted octanol–water partition coefficient (Wildman–Crippen LogP) is 6.91. The maximum absolute atomic E-state index is 14.0. The normalized spacial score (nSPS) is 26.9. The van der Waals surface area contributed by atoms with Crippen LogP contribution in [0.5, 0.6) is 0 Å². The maximum atomic E-state index is 14.0. The molecule has 2 aliphatic carbocycles. The van der Waals surface area contributed by atoms with Gasteiger partial charge in [-0.15, -0.1) is 11.3 Å². The third kappa shape index (κ3) is 4.46. The van der Waals surface area contributed by atoms with Crippen LogP contribution >= 0.6 is 27.3 Å². The Hall–Kier alpha value is -1.77. The van der Waals surface area contributed by atoms with Crippen molar-refractivity contribution < 1.29 is 14.3 Å². The Morgan fingerprint density at radius 2 is 1.83 bits per heavy atom. The highest BCUT2D eigenvalue weighted by atomic mass is 79.9. The molecule has 192 valence electrons. The highest BCUT2D eigenvalue weighted by Gasteiger charge is 2.68. The first-order valence-electron chi connectivity index (χ1n) is 12.7. The maximum Gasteiger partial charge on any atom is 0.325 e. The van der Waals surface area contributed by atoms with E-state index in [1.54, 1.807) is 18.4 Å². The molecule has 1 atom stereocenters. The van der Waals surface area contributed by atoms with Crippen molar-refractivity contribution in [1.82, 2.24) is 15.2 Å². The number of thiazole rings is 1. The van der Waals surface area contributed by atoms with Gasteiger partial charge in [0.05, 0.1) is 6.10 Å². The van der Waals surface area contributed by atoms with Gasteiger partial charge in [0.15, 0.2) is 5.54 Å². The second kappa shape index (κ2) is 11.1. The Morgan fingerprint density at radius 3 is 2.34 bits per heavy atom. The molecule has 0 bridgehead atoms. The second-order valence-corrected chi connectivity index (χ2v) is 10.9. The van der Waals surface area contributed by atoms with Gasteiger partial charge in [0.25, 0.3) is 5.91 Å². The summed E-state index contributed by atoms with van der Waals surface area (Å²) in [5.74, 6) is -0.111. The quantitative estimate of drug-likeness (QED) is 0.411. The number of nitrogens with one attached hydrogen (secondary N) is 1. The number of benzene rings is 1. The monoisotopic (exact) mass is 563 g/mol. The summed E-state index contributed by atoms with van der Waals surface area (Å²) in [6, 6.07) is 5.81. The predicted molar refractivity (Wildman–Crippen MR) is 146 cm³/mol. The van der Waals surface area contributed by atoms with E-state index in [4.69, 9.17) is 4.74 Å². The molecule has 1 aliphatic heterocycles. The van der Waals surface area contributed by atoms with Crippen molar-refractivity contribution in [3.63, 3.8) is 0 Å². The molecule has 2 fully saturated rings. The molecule has 1 N–H and O–H groups in total. The third-order valence-electron chi connectivity index (χ3n) is 7.35. The first-order valence-corrected chi connectivity index (χ1v) is 14.4. The Bertz CT molecular complexity index is 1060. The number of halogens is 1. The number of imide groups is 1. The molecule has 35 heavy (non-hydrogen) atoms. The van der Waals surface area contributed by atoms with Crippen LogP contribution in [0.4, 0.5) is 4.79 Å². The van der Waals surface area contributed by atoms with Crippen molar-refractivity contribution in [2.75, 3.05) is 7.11 Å². The lowest BCUT2D eigenvalue weighted by molar-refractivity contribution is -0.139. The molecule has 1 saturated heterocycles. The van der Waals surface area contributed by atoms with Gasteiger partial charge in [-0.1, -0.05) is 39.8 Å². The number of rotatable bonds is 3. The lowest BCUT2D eigenvalue weighted by atomic mass is 9.61. The number of fused-ring (bicyclic) bond motifs is 3. The molecular weight excluding hydrogens is 526 g/mol. The highest BCUT2D eigenvalue weighted by Crippen LogP contribution is 2.60. The second-order valence-electron chi connectivity index (χ2n) is 9.19. The summed E-state index contributed by atoms with van der Waals surface area (Å²) >= 11 is 4.99. The number of aromatic nitrogens is 1. The van der Waals surface area contributed by atoms with E-state index < -0.39 is 5.54 Å². The Labute approximate surface area is 222 Å². The Balaban J connectivity index is 0.000000815. The summed E-state index contributed by atoms with van der Waals surface area (Å²) in [5.41, 5.74) is 1.71. The molecule has 1 aromatic carbocycles. The Morgan fingerprint density at radius 1 is 1.17 bits per heavy atom. The van der Waals surface area contributed by atoms with E-state index in [9.17, 15) is 9.59 Å². The number of amides is 3. The van der Waals surface area contributed by atoms with Crippen LogP contribution in [0.25, 0.3) is 10.6 Å². The minimum Gasteiger partial charge on any atom is -0.381 e. The van der Waals surface area contributed by atoms with Crippen LogP contribution in [0, 0.1) is 5.41 Å². The van der Waals surface area contributed by atoms with Crippen molar-refractivity contribution in [2.24, 2.45) is 5.41 Å². The first-order chi connectivity index (χ1) is 16.8. The van der Waals surface area contributed by atoms with Crippen molar-refractivity contribution in [3.8, 4) is 10.6 Å². The van der Waals surface area contributed by atoms with Gasteiger partial charge < -0.3 is 10.1 Å². The summed E-state index contributed by atoms with van der Waals surface area (Å²) in [4.78, 5) is 33.0. The number of ether oxygens (including phenoxy) is 1. The van der Waals surface area contributed by atoms with Crippen LogP contribution in [0.2, 0.25) is 0 Å². The minimum atomic E-state index is -1.02. The number of carbonyl (C=O) groups excluding carboxylic acids is 2. The van der Waals surface area contributed by atoms with Gasteiger partial charge in [0.1, 0.15) is 9.61 Å². The number of hydrogen-bond acceptors (Lipinski definition) is 5. The molecule has 2 aromatic rings. The van der Waals surface area contributed by atoms with E-state index in [0.717, 1.165) is 58.4 Å². The number of hydrogen-bond donors (Lipinski definition) is 1. The van der Waals surface area contributed by atoms with Crippen molar-refractivity contribution >= 4 is 39.2 Å². The lowest BCUT2D eigenvalue weighted by Gasteiger charge is -2.46. The molecule has 3 amide bonds. The van der Waals surface area contributed by atoms with Crippen LogP contribution in [-0.2, 0) is 21.5 Å². The minimum absolute atomic E-state index is 0.111. The van der Waals surface area contributed by atoms with E-state index >= 15 is 0 Å². The third-order valence-corrected chi connectivity index (χ3v) is 8.95. The van der Waals surface area contributed by atoms with Crippen LogP contribution in [-0.4, -0.2) is 41.1 Å². The zero-order valence-electron chi connectivity index (χ0n) is 21.9. The van der Waals surface area contributed by atoms with E-state index in [0.29, 0.717) is 0 Å². The SMILES string of the molecule is CC.CC.COC1CCC2(CC1)Cc1ccc(-c3nc(Br)cs3)cc1C21NC(=O)N(C(C)C)C1=O. The molecule has 1 unspecified atom stereocenters. The molecule has 0 radical (unpaired) electrons. The van der Waals surface area contributed by atoms with Gasteiger partial charge in [-0.3, -0.25) is 9.69 Å². The topological polar surface area (TPSA) is 71.5 Å². The standard InChI is InChI=1S/C23H26BrN3O3S.2C2H6/c1-13(2)27-20(28)23(26-21(27)29)17-10-14(19-25-18(24)12-31-19)4-5-15(17)11-22(23)8-6-16(30-3)7-9-22;2*1-2/h4-5,10,12-13,16H,6-9,11H2,1-3H3,(H,26,29);2*1-2H3. The van der Waals surface area contributed by atoms with Gasteiger partial charge in [0, 0.05) is 29.5 Å². The van der Waals surface area contributed by atoms with E-state index in [-0.39, 0.29) is 29.5 Å². The van der Waals surface area contributed by atoms with Crippen LogP contribution in [0.3, 0.4) is 0 Å². The average molecular weight is 565 g/mol. The molecule has 2 spiro atoms. The molecule has 3 aliphatic rings. The first kappa shape index (κ1) is 27.8. The largest absolute Gasteiger partial charge is 0.381 e. The van der Waals surface area contributed by atoms with Gasteiger partial charge in [-0.25, -0.2) is 9.78 Å². The molecule has 1 saturated carbocycles. The number of methoxy groups -OCH3 is 1. The van der Waals surface area contributed by atoms with Gasteiger partial charge in [-0.05, 0) is 79.1 Å². The van der Waals surface area contributed by atoms with Crippen LogP contribution in [0.15, 0.2) is 28.2 Å². The molecule has 1 aromatic heterocycles. The summed E-state index contributed by atoms with van der Waals surface area (Å²) < 4.78 is 6.41. The van der Waals surface area contributed by atoms with Crippen molar-refractivity contribution in [1.29, 1.82) is 0 Å². The van der Waals surface area contributed by atoms with Crippen molar-refractivity contribution in [3.05, 3.63) is 39.3 Å². The summed E-state index contributed by atoms with van der Waals surface area (Å²) in [5, 5.41) is 6.06. The number of nitrogens with zero attached hydrogens (tertiary/aromatic N) is 2. The van der Waals surface area contributed by atoms with E-state index in [2.05, 4.69) is 44.4 Å². The molecule has 2 heterocycles. The fraction of sp³-hybridized carbons (Fsp3) is 0.593. The lowest BCUT2D eigenvalue weighted by Crippen LogP contribution is -2.57. The fourth-order valence-electron chi connectivity index (χ4n) is 5.87. The van der Waals surface area contributed by atoms with E-state index in [1.807, 2.05) is 46.9 Å². The van der Waals surface area contributed by atoms with Gasteiger partial charge >= 0.3 is 6.03 Å². The van der Waals surface area contributed by atoms with Crippen molar-refractivity contribution in [2.45, 2.75) is 91.3 Å². The molecule has 5 rings (SSSR count). The average Bonchev–Trinajstić information content (AvgIpc) is 3.50. The summed E-state index contributed by atoms with van der Waals surface area (Å²) in [6.07, 6.45) is 4.47. The summed E-state index contributed by atoms with van der Waals surface area (Å²) in [6.45, 7) is 11.8. The van der Waals surface area contributed by atoms with Crippen LogP contribution < -0.4 is 5.32 Å². The number of carbonyl (C=O) groups is 2. The Kier molecular flexibility index (Phi) is 8.82. The highest BCUT2D eigenvalue weighted by molar-refractivity contribution is 9.10. The fourth-order valence-corrected chi connectivity index (χ4v) is 7.12. The molecular formula is C27H38BrN3O3S. The zero-order chi connectivity index (χ0) is 26.0. The molecule has 6 nitrogen and oxygen atoms in total. The van der Waals surface area contributed by atoms with Gasteiger partial charge in [-0.2, -0.15) is 0 Å². The van der Waals surface area contributed by atoms with Crippen LogP contribution in [0.1, 0.15) is 78.4 Å². The number of urea groups is 1. The smallest absolute Gasteiger partial charge is 0.325 e. The molecule has 8 heteroatoms. The zero-order valence-corrected chi connectivity index (χ0v) is 24.3. The van der Waals surface area contributed by atoms with Gasteiger partial charge in [0.2, 0.25) is 0 Å².